The maximum atomic E-state index is 12.6. The summed E-state index contributed by atoms with van der Waals surface area (Å²) in [5.41, 5.74) is -0.577. The van der Waals surface area contributed by atoms with Gasteiger partial charge >= 0.3 is 11.8 Å². The van der Waals surface area contributed by atoms with Gasteiger partial charge in [-0.25, -0.2) is 4.79 Å². The summed E-state index contributed by atoms with van der Waals surface area (Å²) in [5, 5.41) is 9.60. The Balaban J connectivity index is 1.82. The molecule has 6 heteroatoms. The number of halogens is 3. The smallest absolute Gasteiger partial charge is 0.416 e. The van der Waals surface area contributed by atoms with E-state index in [4.69, 9.17) is 4.42 Å². The number of alkyl halides is 3. The first-order valence-corrected chi connectivity index (χ1v) is 7.81. The van der Waals surface area contributed by atoms with Crippen molar-refractivity contribution in [2.45, 2.75) is 37.8 Å². The molecule has 1 fully saturated rings. The largest absolute Gasteiger partial charge is 0.508 e. The van der Waals surface area contributed by atoms with Crippen LogP contribution in [0.1, 0.15) is 42.1 Å². The molecule has 3 nitrogen and oxygen atoms in total. The van der Waals surface area contributed by atoms with Gasteiger partial charge in [-0.1, -0.05) is 25.0 Å². The molecule has 0 aliphatic heterocycles. The van der Waals surface area contributed by atoms with Crippen LogP contribution in [0.3, 0.4) is 0 Å². The van der Waals surface area contributed by atoms with Crippen molar-refractivity contribution < 1.29 is 22.7 Å². The van der Waals surface area contributed by atoms with Crippen LogP contribution in [0.4, 0.5) is 13.2 Å². The molecule has 1 saturated carbocycles. The number of aromatic hydroxyl groups is 1. The second-order valence-corrected chi connectivity index (χ2v) is 6.31. The van der Waals surface area contributed by atoms with Crippen LogP contribution in [0.15, 0.2) is 45.6 Å². The molecule has 1 aromatic heterocycles. The molecule has 0 saturated heterocycles. The summed E-state index contributed by atoms with van der Waals surface area (Å²) < 4.78 is 43.1. The fraction of sp³-hybridized carbons (Fsp3) is 0.389. The average Bonchev–Trinajstić information content (AvgIpc) is 3.29. The monoisotopic (exact) mass is 338 g/mol. The van der Waals surface area contributed by atoms with E-state index in [1.807, 2.05) is 0 Å². The zero-order valence-electron chi connectivity index (χ0n) is 12.8. The first kappa shape index (κ1) is 16.6. The minimum absolute atomic E-state index is 0.144. The Hall–Kier alpha value is -2.24. The average molecular weight is 338 g/mol. The molecule has 1 N–H and O–H groups in total. The molecule has 1 aliphatic carbocycles. The lowest BCUT2D eigenvalue weighted by Gasteiger charge is -2.16. The van der Waals surface area contributed by atoms with Crippen molar-refractivity contribution in [2.24, 2.45) is 5.92 Å². The van der Waals surface area contributed by atoms with Gasteiger partial charge in [-0.2, -0.15) is 13.2 Å². The van der Waals surface area contributed by atoms with Crippen molar-refractivity contribution in [2.75, 3.05) is 0 Å². The van der Waals surface area contributed by atoms with Crippen molar-refractivity contribution in [1.29, 1.82) is 0 Å². The Morgan fingerprint density at radius 2 is 1.83 bits per heavy atom. The van der Waals surface area contributed by atoms with Gasteiger partial charge < -0.3 is 9.52 Å². The van der Waals surface area contributed by atoms with Crippen LogP contribution in [0.25, 0.3) is 0 Å². The van der Waals surface area contributed by atoms with E-state index in [0.717, 1.165) is 43.0 Å². The maximum absolute atomic E-state index is 12.6. The van der Waals surface area contributed by atoms with Crippen molar-refractivity contribution in [3.05, 3.63) is 63.7 Å². The maximum Gasteiger partial charge on any atom is 0.416 e. The van der Waals surface area contributed by atoms with Crippen molar-refractivity contribution in [3.63, 3.8) is 0 Å². The summed E-state index contributed by atoms with van der Waals surface area (Å²) in [7, 11) is 0. The molecular weight excluding hydrogens is 321 g/mol. The minimum Gasteiger partial charge on any atom is -0.508 e. The van der Waals surface area contributed by atoms with E-state index in [2.05, 4.69) is 0 Å². The highest BCUT2D eigenvalue weighted by Gasteiger charge is 2.31. The zero-order chi connectivity index (χ0) is 17.3. The van der Waals surface area contributed by atoms with Crippen molar-refractivity contribution in [1.82, 2.24) is 0 Å². The van der Waals surface area contributed by atoms with Crippen molar-refractivity contribution >= 4 is 0 Å². The number of rotatable bonds is 5. The van der Waals surface area contributed by atoms with Gasteiger partial charge in [-0.05, 0) is 36.5 Å². The summed E-state index contributed by atoms with van der Waals surface area (Å²) in [5.74, 6) is 0.618. The summed E-state index contributed by atoms with van der Waals surface area (Å²) in [6.45, 7) is 0. The molecule has 1 atom stereocenters. The van der Waals surface area contributed by atoms with Crippen LogP contribution < -0.4 is 5.63 Å². The van der Waals surface area contributed by atoms with Gasteiger partial charge in [0.15, 0.2) is 0 Å². The summed E-state index contributed by atoms with van der Waals surface area (Å²) in [4.78, 5) is 11.5. The highest BCUT2D eigenvalue weighted by Crippen LogP contribution is 2.40. The first-order valence-electron chi connectivity index (χ1n) is 7.81. The molecule has 24 heavy (non-hydrogen) atoms. The molecular formula is C18H17F3O3. The van der Waals surface area contributed by atoms with E-state index in [-0.39, 0.29) is 11.7 Å². The van der Waals surface area contributed by atoms with Crippen molar-refractivity contribution in [3.8, 4) is 5.75 Å². The first-order chi connectivity index (χ1) is 11.3. The molecule has 0 radical (unpaired) electrons. The lowest BCUT2D eigenvalue weighted by Crippen LogP contribution is -2.09. The minimum atomic E-state index is -4.36. The Morgan fingerprint density at radius 3 is 2.38 bits per heavy atom. The molecule has 128 valence electrons. The van der Waals surface area contributed by atoms with Crippen LogP contribution in [0.5, 0.6) is 5.75 Å². The molecule has 0 bridgehead atoms. The highest BCUT2D eigenvalue weighted by molar-refractivity contribution is 5.27. The molecule has 1 heterocycles. The number of hydrogen-bond donors (Lipinski definition) is 1. The van der Waals surface area contributed by atoms with E-state index < -0.39 is 17.4 Å². The van der Waals surface area contributed by atoms with Crippen LogP contribution in [0, 0.1) is 5.92 Å². The third kappa shape index (κ3) is 4.19. The molecule has 1 aromatic carbocycles. The molecule has 1 unspecified atom stereocenters. The Kier molecular flexibility index (Phi) is 4.39. The fourth-order valence-electron chi connectivity index (χ4n) is 2.85. The summed E-state index contributed by atoms with van der Waals surface area (Å²) in [6.07, 6.45) is -0.905. The van der Waals surface area contributed by atoms with Gasteiger partial charge in [0.2, 0.25) is 0 Å². The molecule has 3 rings (SSSR count). The van der Waals surface area contributed by atoms with Gasteiger partial charge in [0.1, 0.15) is 11.5 Å². The van der Waals surface area contributed by atoms with E-state index in [9.17, 15) is 23.1 Å². The quantitative estimate of drug-likeness (QED) is 0.874. The van der Waals surface area contributed by atoms with Gasteiger partial charge in [0.25, 0.3) is 0 Å². The lowest BCUT2D eigenvalue weighted by molar-refractivity contribution is -0.137. The van der Waals surface area contributed by atoms with Gasteiger partial charge in [-0.3, -0.25) is 0 Å². The highest BCUT2D eigenvalue weighted by atomic mass is 19.4. The predicted octanol–water partition coefficient (Wildman–Crippen LogP) is 4.49. The van der Waals surface area contributed by atoms with Gasteiger partial charge in [0, 0.05) is 12.0 Å². The van der Waals surface area contributed by atoms with E-state index in [0.29, 0.717) is 18.1 Å². The molecule has 2 aromatic rings. The number of benzene rings is 1. The molecule has 0 amide bonds. The Morgan fingerprint density at radius 1 is 1.17 bits per heavy atom. The fourth-order valence-corrected chi connectivity index (χ4v) is 2.85. The summed E-state index contributed by atoms with van der Waals surface area (Å²) >= 11 is 0. The topological polar surface area (TPSA) is 50.4 Å². The van der Waals surface area contributed by atoms with Crippen LogP contribution in [0.2, 0.25) is 0 Å². The van der Waals surface area contributed by atoms with Gasteiger partial charge in [-0.15, -0.1) is 0 Å². The summed E-state index contributed by atoms with van der Waals surface area (Å²) in [6, 6.07) is 7.42. The normalized spacial score (nSPS) is 16.1. The van der Waals surface area contributed by atoms with Crippen LogP contribution in [-0.2, 0) is 12.6 Å². The lowest BCUT2D eigenvalue weighted by atomic mass is 9.91. The second-order valence-electron chi connectivity index (χ2n) is 6.31. The standard InChI is InChI=1S/C18H17F3O3/c19-18(20,21)14-5-3-12(4-6-14)8-13(7-11-1-2-11)16-9-15(22)10-17(23)24-16/h3-6,9-11,13,22H,1-2,7-8H2. The molecule has 1 aliphatic rings. The Bertz CT molecular complexity index is 758. The van der Waals surface area contributed by atoms with Gasteiger partial charge in [0.05, 0.1) is 11.6 Å². The van der Waals surface area contributed by atoms with Crippen LogP contribution >= 0.6 is 0 Å². The van der Waals surface area contributed by atoms with E-state index in [1.54, 1.807) is 0 Å². The second kappa shape index (κ2) is 6.34. The number of hydrogen-bond acceptors (Lipinski definition) is 3. The van der Waals surface area contributed by atoms with Crippen LogP contribution in [-0.4, -0.2) is 5.11 Å². The van der Waals surface area contributed by atoms with E-state index >= 15 is 0 Å². The zero-order valence-corrected chi connectivity index (χ0v) is 12.8. The van der Waals surface area contributed by atoms with E-state index in [1.165, 1.54) is 18.2 Å². The SMILES string of the molecule is O=c1cc(O)cc(C(Cc2ccc(C(F)(F)F)cc2)CC2CC2)o1. The third-order valence-electron chi connectivity index (χ3n) is 4.25. The third-order valence-corrected chi connectivity index (χ3v) is 4.25. The Labute approximate surface area is 136 Å². The molecule has 0 spiro atoms. The predicted molar refractivity (Wildman–Crippen MR) is 81.9 cm³/mol.